The Labute approximate surface area is 165 Å². The van der Waals surface area contributed by atoms with Crippen LogP contribution in [0.25, 0.3) is 10.9 Å². The fourth-order valence-electron chi connectivity index (χ4n) is 3.63. The molecule has 1 aliphatic rings. The van der Waals surface area contributed by atoms with Gasteiger partial charge in [-0.3, -0.25) is 0 Å². The fraction of sp³-hybridized carbons (Fsp3) is 0.318. The van der Waals surface area contributed by atoms with Crippen molar-refractivity contribution in [1.82, 2.24) is 9.47 Å². The van der Waals surface area contributed by atoms with Crippen molar-refractivity contribution < 1.29 is 9.47 Å². The van der Waals surface area contributed by atoms with E-state index in [9.17, 15) is 0 Å². The van der Waals surface area contributed by atoms with Crippen LogP contribution in [0, 0.1) is 0 Å². The van der Waals surface area contributed by atoms with Gasteiger partial charge in [-0.2, -0.15) is 0 Å². The molecule has 2 heterocycles. The van der Waals surface area contributed by atoms with Gasteiger partial charge in [-0.05, 0) is 43.2 Å². The first kappa shape index (κ1) is 17.9. The summed E-state index contributed by atoms with van der Waals surface area (Å²) in [5.74, 6) is 1.68. The topological polar surface area (TPSA) is 26.6 Å². The highest BCUT2D eigenvalue weighted by molar-refractivity contribution is 7.80. The van der Waals surface area contributed by atoms with Gasteiger partial charge in [0.2, 0.25) is 0 Å². The smallest absolute Gasteiger partial charge is 0.119 e. The zero-order valence-corrected chi connectivity index (χ0v) is 16.4. The molecule has 0 atom stereocenters. The predicted octanol–water partition coefficient (Wildman–Crippen LogP) is 4.50. The quantitative estimate of drug-likeness (QED) is 0.588. The van der Waals surface area contributed by atoms with E-state index in [1.54, 1.807) is 7.11 Å². The van der Waals surface area contributed by atoms with Gasteiger partial charge in [-0.25, -0.2) is 0 Å². The molecule has 2 aromatic carbocycles. The van der Waals surface area contributed by atoms with Gasteiger partial charge < -0.3 is 18.9 Å². The number of hydrogen-bond donors (Lipinski definition) is 0. The molecule has 0 bridgehead atoms. The second-order valence-corrected chi connectivity index (χ2v) is 7.16. The summed E-state index contributed by atoms with van der Waals surface area (Å²) in [6.07, 6.45) is 4.64. The molecule has 140 valence electrons. The van der Waals surface area contributed by atoms with E-state index in [2.05, 4.69) is 39.9 Å². The monoisotopic (exact) mass is 380 g/mol. The maximum Gasteiger partial charge on any atom is 0.119 e. The van der Waals surface area contributed by atoms with Crippen LogP contribution >= 0.6 is 12.2 Å². The zero-order chi connectivity index (χ0) is 18.6. The Bertz CT molecular complexity index is 927. The molecule has 5 heteroatoms. The number of ether oxygens (including phenoxy) is 2. The highest BCUT2D eigenvalue weighted by Gasteiger charge is 2.20. The Morgan fingerprint density at radius 2 is 1.70 bits per heavy atom. The van der Waals surface area contributed by atoms with Crippen LogP contribution in [0.5, 0.6) is 11.5 Å². The van der Waals surface area contributed by atoms with Gasteiger partial charge >= 0.3 is 0 Å². The van der Waals surface area contributed by atoms with Crippen LogP contribution in [-0.4, -0.2) is 41.3 Å². The maximum atomic E-state index is 5.91. The molecule has 0 N–H and O–H groups in total. The Kier molecular flexibility index (Phi) is 5.30. The number of benzene rings is 2. The van der Waals surface area contributed by atoms with Gasteiger partial charge in [-0.15, -0.1) is 0 Å². The first-order valence-corrected chi connectivity index (χ1v) is 9.81. The summed E-state index contributed by atoms with van der Waals surface area (Å²) in [5, 5.41) is 1.22. The largest absolute Gasteiger partial charge is 0.497 e. The normalized spacial score (nSPS) is 13.9. The minimum absolute atomic E-state index is 0.598. The average Bonchev–Trinajstić information content (AvgIpc) is 3.37. The third-order valence-corrected chi connectivity index (χ3v) is 5.55. The molecule has 1 fully saturated rings. The number of thiocarbonyl (C=S) groups is 1. The minimum Gasteiger partial charge on any atom is -0.497 e. The number of likely N-dealkylation sites (tertiary alicyclic amines) is 1. The number of fused-ring (bicyclic) bond motifs is 1. The maximum absolute atomic E-state index is 5.91. The number of aromatic nitrogens is 1. The van der Waals surface area contributed by atoms with Gasteiger partial charge in [0, 0.05) is 35.8 Å². The average molecular weight is 381 g/mol. The van der Waals surface area contributed by atoms with Gasteiger partial charge in [0.25, 0.3) is 0 Å². The summed E-state index contributed by atoms with van der Waals surface area (Å²) in [6, 6.07) is 16.1. The van der Waals surface area contributed by atoms with Crippen molar-refractivity contribution in [2.45, 2.75) is 19.4 Å². The molecule has 0 amide bonds. The molecule has 1 saturated heterocycles. The molecule has 4 rings (SSSR count). The summed E-state index contributed by atoms with van der Waals surface area (Å²) in [5.41, 5.74) is 2.36. The highest BCUT2D eigenvalue weighted by atomic mass is 32.1. The van der Waals surface area contributed by atoms with E-state index in [-0.39, 0.29) is 0 Å². The van der Waals surface area contributed by atoms with Gasteiger partial charge in [0.1, 0.15) is 23.1 Å². The Balaban J connectivity index is 1.50. The SMILES string of the molecule is COc1ccc(OCCn2cc(C(=S)N3CCCC3)c3ccccc32)cc1. The van der Waals surface area contributed by atoms with Crippen molar-refractivity contribution >= 4 is 28.1 Å². The summed E-state index contributed by atoms with van der Waals surface area (Å²) in [7, 11) is 1.66. The van der Waals surface area contributed by atoms with Gasteiger partial charge in [0.05, 0.1) is 13.7 Å². The second kappa shape index (κ2) is 8.01. The fourth-order valence-corrected chi connectivity index (χ4v) is 3.97. The Morgan fingerprint density at radius 1 is 1.00 bits per heavy atom. The van der Waals surface area contributed by atoms with Crippen molar-refractivity contribution in [3.8, 4) is 11.5 Å². The number of methoxy groups -OCH3 is 1. The molecule has 0 radical (unpaired) electrons. The standard InChI is InChI=1S/C22H24N2O2S/c1-25-17-8-10-18(11-9-17)26-15-14-24-16-20(19-6-2-3-7-21(19)24)22(27)23-12-4-5-13-23/h2-3,6-11,16H,4-5,12-15H2,1H3. The van der Waals surface area contributed by atoms with E-state index >= 15 is 0 Å². The van der Waals surface area contributed by atoms with Crippen LogP contribution in [0.4, 0.5) is 0 Å². The van der Waals surface area contributed by atoms with E-state index in [0.29, 0.717) is 6.61 Å². The number of rotatable bonds is 6. The molecule has 0 unspecified atom stereocenters. The van der Waals surface area contributed by atoms with Crippen LogP contribution in [0.1, 0.15) is 18.4 Å². The highest BCUT2D eigenvalue weighted by Crippen LogP contribution is 2.25. The van der Waals surface area contributed by atoms with Crippen LogP contribution in [0.2, 0.25) is 0 Å². The second-order valence-electron chi connectivity index (χ2n) is 6.78. The van der Waals surface area contributed by atoms with Crippen molar-refractivity contribution in [3.05, 3.63) is 60.3 Å². The van der Waals surface area contributed by atoms with Gasteiger partial charge in [0.15, 0.2) is 0 Å². The zero-order valence-electron chi connectivity index (χ0n) is 15.6. The first-order chi connectivity index (χ1) is 13.3. The lowest BCUT2D eigenvalue weighted by Crippen LogP contribution is -2.26. The molecule has 0 aliphatic carbocycles. The Morgan fingerprint density at radius 3 is 2.44 bits per heavy atom. The first-order valence-electron chi connectivity index (χ1n) is 9.40. The number of para-hydroxylation sites is 1. The predicted molar refractivity (Wildman–Crippen MR) is 113 cm³/mol. The lowest BCUT2D eigenvalue weighted by atomic mass is 10.1. The molecule has 4 nitrogen and oxygen atoms in total. The summed E-state index contributed by atoms with van der Waals surface area (Å²) in [4.78, 5) is 3.30. The van der Waals surface area contributed by atoms with Crippen molar-refractivity contribution in [1.29, 1.82) is 0 Å². The third kappa shape index (κ3) is 3.78. The summed E-state index contributed by atoms with van der Waals surface area (Å²) < 4.78 is 13.3. The van der Waals surface area contributed by atoms with E-state index in [4.69, 9.17) is 21.7 Å². The lowest BCUT2D eigenvalue weighted by Gasteiger charge is -2.17. The molecule has 0 saturated carbocycles. The minimum atomic E-state index is 0.598. The summed E-state index contributed by atoms with van der Waals surface area (Å²) >= 11 is 5.80. The molecular weight excluding hydrogens is 356 g/mol. The van der Waals surface area contributed by atoms with Crippen molar-refractivity contribution in [3.63, 3.8) is 0 Å². The Hall–Kier alpha value is -2.53. The molecule has 27 heavy (non-hydrogen) atoms. The molecule has 3 aromatic rings. The van der Waals surface area contributed by atoms with Gasteiger partial charge in [-0.1, -0.05) is 30.4 Å². The van der Waals surface area contributed by atoms with Crippen LogP contribution < -0.4 is 9.47 Å². The third-order valence-electron chi connectivity index (χ3n) is 5.07. The van der Waals surface area contributed by atoms with E-state index in [0.717, 1.165) is 41.7 Å². The molecular formula is C22H24N2O2S. The number of hydrogen-bond acceptors (Lipinski definition) is 3. The van der Waals surface area contributed by atoms with E-state index < -0.39 is 0 Å². The molecule has 1 aromatic heterocycles. The van der Waals surface area contributed by atoms with E-state index in [1.807, 2.05) is 24.3 Å². The lowest BCUT2D eigenvalue weighted by molar-refractivity contribution is 0.300. The summed E-state index contributed by atoms with van der Waals surface area (Å²) in [6.45, 7) is 3.51. The van der Waals surface area contributed by atoms with Crippen LogP contribution in [0.15, 0.2) is 54.7 Å². The molecule has 0 spiro atoms. The van der Waals surface area contributed by atoms with Crippen LogP contribution in [0.3, 0.4) is 0 Å². The van der Waals surface area contributed by atoms with E-state index in [1.165, 1.54) is 23.7 Å². The van der Waals surface area contributed by atoms with Crippen LogP contribution in [-0.2, 0) is 6.54 Å². The number of nitrogens with zero attached hydrogens (tertiary/aromatic N) is 2. The van der Waals surface area contributed by atoms with Crippen molar-refractivity contribution in [2.24, 2.45) is 0 Å². The molecule has 1 aliphatic heterocycles. The van der Waals surface area contributed by atoms with Crippen molar-refractivity contribution in [2.75, 3.05) is 26.8 Å².